The van der Waals surface area contributed by atoms with Crippen LogP contribution in [0.4, 0.5) is 4.39 Å². The van der Waals surface area contributed by atoms with E-state index >= 15 is 0 Å². The van der Waals surface area contributed by atoms with Gasteiger partial charge in [-0.15, -0.1) is 11.3 Å². The van der Waals surface area contributed by atoms with Crippen LogP contribution >= 0.6 is 11.3 Å². The number of fused-ring (bicyclic) bond motifs is 4. The second-order valence-corrected chi connectivity index (χ2v) is 9.69. The van der Waals surface area contributed by atoms with Crippen LogP contribution in [0, 0.1) is 23.6 Å². The number of nitrogens with two attached hydrogens (primary N) is 1. The molecule has 5 rings (SSSR count). The summed E-state index contributed by atoms with van der Waals surface area (Å²) < 4.78 is 27.1. The first-order valence-electron chi connectivity index (χ1n) is 10.6. The van der Waals surface area contributed by atoms with E-state index < -0.39 is 28.8 Å². The van der Waals surface area contributed by atoms with Crippen molar-refractivity contribution in [2.45, 2.75) is 31.0 Å². The number of likely N-dealkylation sites (N-methyl/N-ethyl adjacent to an activating group) is 1. The summed E-state index contributed by atoms with van der Waals surface area (Å²) in [5.74, 6) is 3.64. The maximum Gasteiger partial charge on any atom is 0.277 e. The molecule has 4 heterocycles. The molecule has 1 spiro atoms. The molecule has 1 unspecified atom stereocenters. The van der Waals surface area contributed by atoms with Gasteiger partial charge in [-0.25, -0.2) is 9.37 Å². The van der Waals surface area contributed by atoms with Gasteiger partial charge in [-0.1, -0.05) is 18.8 Å². The molecule has 2 fully saturated rings. The lowest BCUT2D eigenvalue weighted by molar-refractivity contribution is -0.137. The number of carbonyl (C=O) groups is 2. The van der Waals surface area contributed by atoms with Gasteiger partial charge >= 0.3 is 0 Å². The smallest absolute Gasteiger partial charge is 0.277 e. The second kappa shape index (κ2) is 7.52. The summed E-state index contributed by atoms with van der Waals surface area (Å²) in [6, 6.07) is 2.67. The summed E-state index contributed by atoms with van der Waals surface area (Å²) in [6.45, 7) is 3.06. The number of thiazole rings is 1. The van der Waals surface area contributed by atoms with Crippen molar-refractivity contribution in [3.8, 4) is 28.8 Å². The SMILES string of the molecule is CC1CCO[C@@]12COc1cc(F)c(C#C[C@]3(O)CCN(C)C3=O)cc1-c1nc(C(N)=O)sc12. The molecule has 172 valence electrons. The molecule has 1 aromatic carbocycles. The van der Waals surface area contributed by atoms with Crippen LogP contribution in [0.2, 0.25) is 0 Å². The number of aromatic nitrogens is 1. The number of rotatable bonds is 1. The molecule has 8 nitrogen and oxygen atoms in total. The van der Waals surface area contributed by atoms with Gasteiger partial charge in [0.2, 0.25) is 5.60 Å². The monoisotopic (exact) mass is 471 g/mol. The first-order valence-corrected chi connectivity index (χ1v) is 11.4. The molecule has 2 saturated heterocycles. The second-order valence-electron chi connectivity index (χ2n) is 8.69. The Morgan fingerprint density at radius 1 is 1.45 bits per heavy atom. The van der Waals surface area contributed by atoms with Crippen molar-refractivity contribution in [1.29, 1.82) is 0 Å². The average Bonchev–Trinajstić information content (AvgIpc) is 3.43. The Morgan fingerprint density at radius 2 is 2.24 bits per heavy atom. The molecule has 3 aliphatic heterocycles. The molecule has 0 radical (unpaired) electrons. The van der Waals surface area contributed by atoms with Gasteiger partial charge in [-0.2, -0.15) is 0 Å². The molecule has 10 heteroatoms. The van der Waals surface area contributed by atoms with E-state index in [1.165, 1.54) is 17.0 Å². The molecule has 3 N–H and O–H groups in total. The Hall–Kier alpha value is -3.00. The van der Waals surface area contributed by atoms with E-state index in [-0.39, 0.29) is 35.3 Å². The van der Waals surface area contributed by atoms with Crippen LogP contribution in [0.3, 0.4) is 0 Å². The van der Waals surface area contributed by atoms with Gasteiger partial charge in [0, 0.05) is 38.2 Å². The van der Waals surface area contributed by atoms with Crippen molar-refractivity contribution in [3.05, 3.63) is 33.4 Å². The van der Waals surface area contributed by atoms with Crippen LogP contribution < -0.4 is 10.5 Å². The van der Waals surface area contributed by atoms with Crippen LogP contribution in [0.5, 0.6) is 5.75 Å². The molecule has 3 atom stereocenters. The quantitative estimate of drug-likeness (QED) is 0.611. The fourth-order valence-electron chi connectivity index (χ4n) is 4.51. The number of benzene rings is 1. The third-order valence-corrected chi connectivity index (χ3v) is 7.84. The zero-order valence-corrected chi connectivity index (χ0v) is 18.9. The van der Waals surface area contributed by atoms with Crippen LogP contribution in [0.15, 0.2) is 12.1 Å². The number of aliphatic hydroxyl groups is 1. The Morgan fingerprint density at radius 3 is 2.88 bits per heavy atom. The number of primary amides is 1. The zero-order valence-electron chi connectivity index (χ0n) is 18.1. The fourth-order valence-corrected chi connectivity index (χ4v) is 5.68. The lowest BCUT2D eigenvalue weighted by atomic mass is 9.87. The lowest BCUT2D eigenvalue weighted by Crippen LogP contribution is -2.37. The van der Waals surface area contributed by atoms with Crippen molar-refractivity contribution >= 4 is 23.2 Å². The van der Waals surface area contributed by atoms with Crippen molar-refractivity contribution in [1.82, 2.24) is 9.88 Å². The number of hydrogen-bond acceptors (Lipinski definition) is 7. The maximum atomic E-state index is 15.0. The number of hydrogen-bond donors (Lipinski definition) is 2. The summed E-state index contributed by atoms with van der Waals surface area (Å²) in [4.78, 5) is 30.7. The molecule has 2 aromatic rings. The first kappa shape index (κ1) is 21.8. The zero-order chi connectivity index (χ0) is 23.5. The van der Waals surface area contributed by atoms with Gasteiger partial charge in [-0.05, 0) is 18.4 Å². The molecule has 0 saturated carbocycles. The third kappa shape index (κ3) is 3.30. The topological polar surface area (TPSA) is 115 Å². The molecular weight excluding hydrogens is 449 g/mol. The fraction of sp³-hybridized carbons (Fsp3) is 0.435. The highest BCUT2D eigenvalue weighted by molar-refractivity contribution is 7.14. The molecule has 0 bridgehead atoms. The van der Waals surface area contributed by atoms with Gasteiger partial charge in [0.15, 0.2) is 5.01 Å². The van der Waals surface area contributed by atoms with E-state index in [0.29, 0.717) is 29.3 Å². The van der Waals surface area contributed by atoms with Gasteiger partial charge in [0.1, 0.15) is 23.8 Å². The number of likely N-dealkylation sites (tertiary alicyclic amines) is 1. The highest BCUT2D eigenvalue weighted by atomic mass is 32.1. The number of amides is 2. The standard InChI is InChI=1S/C23H22FN3O5S/c1-12-4-8-32-23(12)11-31-16-10-15(24)13(3-5-22(30)6-7-27(2)21(22)29)9-14(16)17-18(23)33-20(26-17)19(25)28/h9-10,12,30H,4,6-8,11H2,1-2H3,(H2,25,28)/t12?,22-,23-/m0/s1. The van der Waals surface area contributed by atoms with Crippen LogP contribution in [0.1, 0.15) is 40.0 Å². The van der Waals surface area contributed by atoms with Gasteiger partial charge in [0.25, 0.3) is 11.8 Å². The van der Waals surface area contributed by atoms with Crippen molar-refractivity contribution in [2.75, 3.05) is 26.8 Å². The Labute approximate surface area is 193 Å². The highest BCUT2D eigenvalue weighted by Gasteiger charge is 2.49. The minimum Gasteiger partial charge on any atom is -0.489 e. The predicted molar refractivity (Wildman–Crippen MR) is 117 cm³/mol. The van der Waals surface area contributed by atoms with E-state index in [0.717, 1.165) is 17.8 Å². The number of halogens is 1. The van der Waals surface area contributed by atoms with Crippen molar-refractivity contribution < 1.29 is 28.6 Å². The minimum atomic E-state index is -1.85. The van der Waals surface area contributed by atoms with Gasteiger partial charge in [-0.3, -0.25) is 9.59 Å². The van der Waals surface area contributed by atoms with Crippen LogP contribution in [-0.2, 0) is 15.1 Å². The molecule has 0 aliphatic carbocycles. The molecule has 33 heavy (non-hydrogen) atoms. The number of carbonyl (C=O) groups excluding carboxylic acids is 2. The normalized spacial score (nSPS) is 28.1. The summed E-state index contributed by atoms with van der Waals surface area (Å²) in [5.41, 5.74) is 3.69. The number of ether oxygens (including phenoxy) is 2. The molecule has 1 aromatic heterocycles. The van der Waals surface area contributed by atoms with Crippen LogP contribution in [0.25, 0.3) is 11.3 Å². The lowest BCUT2D eigenvalue weighted by Gasteiger charge is -2.30. The Kier molecular flexibility index (Phi) is 4.97. The van der Waals surface area contributed by atoms with Crippen molar-refractivity contribution in [2.24, 2.45) is 11.7 Å². The molecule has 3 aliphatic rings. The Balaban J connectivity index is 1.65. The average molecular weight is 472 g/mol. The van der Waals surface area contributed by atoms with Crippen molar-refractivity contribution in [3.63, 3.8) is 0 Å². The highest BCUT2D eigenvalue weighted by Crippen LogP contribution is 2.51. The summed E-state index contributed by atoms with van der Waals surface area (Å²) in [5, 5.41) is 10.7. The first-order chi connectivity index (χ1) is 15.6. The largest absolute Gasteiger partial charge is 0.489 e. The summed E-state index contributed by atoms with van der Waals surface area (Å²) >= 11 is 1.15. The molecule has 2 amide bonds. The van der Waals surface area contributed by atoms with E-state index in [4.69, 9.17) is 15.2 Å². The minimum absolute atomic E-state index is 0.0240. The van der Waals surface area contributed by atoms with Crippen LogP contribution in [-0.4, -0.2) is 59.2 Å². The summed E-state index contributed by atoms with van der Waals surface area (Å²) in [6.07, 6.45) is 0.941. The third-order valence-electron chi connectivity index (χ3n) is 6.61. The van der Waals surface area contributed by atoms with E-state index in [9.17, 15) is 19.1 Å². The summed E-state index contributed by atoms with van der Waals surface area (Å²) in [7, 11) is 1.57. The Bertz CT molecular complexity index is 1250. The van der Waals surface area contributed by atoms with E-state index in [2.05, 4.69) is 16.8 Å². The predicted octanol–water partition coefficient (Wildman–Crippen LogP) is 1.64. The van der Waals surface area contributed by atoms with E-state index in [1.807, 2.05) is 6.92 Å². The van der Waals surface area contributed by atoms with E-state index in [1.54, 1.807) is 7.05 Å². The maximum absolute atomic E-state index is 15.0. The molecular formula is C23H22FN3O5S. The number of nitrogens with zero attached hydrogens (tertiary/aromatic N) is 2. The van der Waals surface area contributed by atoms with Gasteiger partial charge in [0.05, 0.1) is 16.1 Å². The van der Waals surface area contributed by atoms with Gasteiger partial charge < -0.3 is 25.2 Å².